The second-order valence-corrected chi connectivity index (χ2v) is 5.74. The first-order valence-electron chi connectivity index (χ1n) is 7.94. The fourth-order valence-electron chi connectivity index (χ4n) is 2.53. The Bertz CT molecular complexity index is 571. The first kappa shape index (κ1) is 16.9. The molecule has 0 fully saturated rings. The van der Waals surface area contributed by atoms with Crippen LogP contribution in [0, 0.1) is 0 Å². The van der Waals surface area contributed by atoms with Crippen LogP contribution in [0.2, 0.25) is 5.02 Å². The summed E-state index contributed by atoms with van der Waals surface area (Å²) < 4.78 is 5.47. The fraction of sp³-hybridized carbons (Fsp3) is 0.368. The molecular weight excluding hydrogens is 294 g/mol. The number of ether oxygens (including phenoxy) is 1. The van der Waals surface area contributed by atoms with Gasteiger partial charge >= 0.3 is 0 Å². The number of rotatable bonds is 8. The van der Waals surface area contributed by atoms with E-state index in [1.54, 1.807) is 0 Å². The Morgan fingerprint density at radius 1 is 1.09 bits per heavy atom. The average Bonchev–Trinajstić information content (AvgIpc) is 2.55. The molecule has 0 bridgehead atoms. The zero-order valence-corrected chi connectivity index (χ0v) is 14.1. The second-order valence-electron chi connectivity index (χ2n) is 5.33. The minimum atomic E-state index is 0.372. The summed E-state index contributed by atoms with van der Waals surface area (Å²) in [7, 11) is 0. The molecule has 0 radical (unpaired) electrons. The van der Waals surface area contributed by atoms with Gasteiger partial charge in [-0.3, -0.25) is 0 Å². The van der Waals surface area contributed by atoms with Crippen LogP contribution in [0.25, 0.3) is 0 Å². The van der Waals surface area contributed by atoms with Crippen LogP contribution in [0.1, 0.15) is 43.9 Å². The van der Waals surface area contributed by atoms with Crippen LogP contribution in [0.15, 0.2) is 48.5 Å². The topological polar surface area (TPSA) is 21.3 Å². The summed E-state index contributed by atoms with van der Waals surface area (Å²) in [6.45, 7) is 5.60. The predicted molar refractivity (Wildman–Crippen MR) is 93.6 cm³/mol. The minimum absolute atomic E-state index is 0.372. The fourth-order valence-corrected chi connectivity index (χ4v) is 2.79. The summed E-state index contributed by atoms with van der Waals surface area (Å²) in [4.78, 5) is 0. The van der Waals surface area contributed by atoms with E-state index in [1.165, 1.54) is 11.1 Å². The van der Waals surface area contributed by atoms with Crippen molar-refractivity contribution in [1.29, 1.82) is 0 Å². The molecule has 0 spiro atoms. The molecule has 118 valence electrons. The maximum absolute atomic E-state index is 6.25. The van der Waals surface area contributed by atoms with E-state index in [-0.39, 0.29) is 0 Å². The molecule has 22 heavy (non-hydrogen) atoms. The van der Waals surface area contributed by atoms with Crippen molar-refractivity contribution in [3.8, 4) is 5.75 Å². The van der Waals surface area contributed by atoms with E-state index in [1.807, 2.05) is 19.1 Å². The maximum atomic E-state index is 6.25. The summed E-state index contributed by atoms with van der Waals surface area (Å²) in [6.07, 6.45) is 2.27. The van der Waals surface area contributed by atoms with Gasteiger partial charge in [-0.15, -0.1) is 0 Å². The molecule has 2 aromatic carbocycles. The monoisotopic (exact) mass is 317 g/mol. The quantitative estimate of drug-likeness (QED) is 0.706. The Kier molecular flexibility index (Phi) is 6.75. The molecule has 2 nitrogen and oxygen atoms in total. The third kappa shape index (κ3) is 4.75. The van der Waals surface area contributed by atoms with Gasteiger partial charge in [0, 0.05) is 12.6 Å². The SMILES string of the molecule is CCCC(NCc1ccc(OCC)c(Cl)c1)c1ccccc1. The number of benzene rings is 2. The molecule has 1 N–H and O–H groups in total. The summed E-state index contributed by atoms with van der Waals surface area (Å²) in [6, 6.07) is 17.0. The van der Waals surface area contributed by atoms with E-state index in [9.17, 15) is 0 Å². The lowest BCUT2D eigenvalue weighted by Crippen LogP contribution is -2.20. The highest BCUT2D eigenvalue weighted by Gasteiger charge is 2.10. The lowest BCUT2D eigenvalue weighted by molar-refractivity contribution is 0.340. The van der Waals surface area contributed by atoms with Crippen molar-refractivity contribution in [2.24, 2.45) is 0 Å². The lowest BCUT2D eigenvalue weighted by Gasteiger charge is -2.19. The van der Waals surface area contributed by atoms with Gasteiger partial charge in [0.25, 0.3) is 0 Å². The molecular formula is C19H24ClNO. The molecule has 3 heteroatoms. The molecule has 0 saturated heterocycles. The van der Waals surface area contributed by atoms with Crippen LogP contribution in [0.3, 0.4) is 0 Å². The van der Waals surface area contributed by atoms with Crippen LogP contribution < -0.4 is 10.1 Å². The highest BCUT2D eigenvalue weighted by Crippen LogP contribution is 2.26. The van der Waals surface area contributed by atoms with Crippen molar-refractivity contribution in [2.45, 2.75) is 39.3 Å². The van der Waals surface area contributed by atoms with Gasteiger partial charge in [-0.05, 0) is 36.6 Å². The summed E-state index contributed by atoms with van der Waals surface area (Å²) in [5, 5.41) is 4.31. The molecule has 1 atom stereocenters. The Labute approximate surface area is 138 Å². The van der Waals surface area contributed by atoms with E-state index in [2.05, 4.69) is 48.6 Å². The molecule has 1 unspecified atom stereocenters. The first-order valence-corrected chi connectivity index (χ1v) is 8.32. The number of hydrogen-bond acceptors (Lipinski definition) is 2. The number of hydrogen-bond donors (Lipinski definition) is 1. The van der Waals surface area contributed by atoms with Crippen molar-refractivity contribution in [2.75, 3.05) is 6.61 Å². The third-order valence-electron chi connectivity index (χ3n) is 3.63. The Hall–Kier alpha value is -1.51. The maximum Gasteiger partial charge on any atom is 0.137 e. The van der Waals surface area contributed by atoms with E-state index >= 15 is 0 Å². The highest BCUT2D eigenvalue weighted by atomic mass is 35.5. The van der Waals surface area contributed by atoms with Gasteiger partial charge in [-0.1, -0.05) is 61.3 Å². The van der Waals surface area contributed by atoms with Gasteiger partial charge < -0.3 is 10.1 Å². The Morgan fingerprint density at radius 3 is 2.50 bits per heavy atom. The van der Waals surface area contributed by atoms with Gasteiger partial charge in [-0.2, -0.15) is 0 Å². The molecule has 0 aliphatic carbocycles. The highest BCUT2D eigenvalue weighted by molar-refractivity contribution is 6.32. The van der Waals surface area contributed by atoms with Gasteiger partial charge in [-0.25, -0.2) is 0 Å². The summed E-state index contributed by atoms with van der Waals surface area (Å²) in [5.74, 6) is 0.751. The standard InChI is InChI=1S/C19H24ClNO/c1-3-8-18(16-9-6-5-7-10-16)21-14-15-11-12-19(22-4-2)17(20)13-15/h5-7,9-13,18,21H,3-4,8,14H2,1-2H3. The van der Waals surface area contributed by atoms with Crippen LogP contribution in [-0.4, -0.2) is 6.61 Å². The smallest absolute Gasteiger partial charge is 0.137 e. The van der Waals surface area contributed by atoms with Gasteiger partial charge in [0.1, 0.15) is 5.75 Å². The molecule has 2 rings (SSSR count). The van der Waals surface area contributed by atoms with Crippen molar-refractivity contribution >= 4 is 11.6 Å². The summed E-state index contributed by atoms with van der Waals surface area (Å²) >= 11 is 6.25. The summed E-state index contributed by atoms with van der Waals surface area (Å²) in [5.41, 5.74) is 2.51. The molecule has 0 aromatic heterocycles. The normalized spacial score (nSPS) is 12.1. The Balaban J connectivity index is 2.02. The van der Waals surface area contributed by atoms with Gasteiger partial charge in [0.05, 0.1) is 11.6 Å². The molecule has 0 heterocycles. The number of halogens is 1. The Morgan fingerprint density at radius 2 is 1.86 bits per heavy atom. The van der Waals surface area contributed by atoms with Crippen molar-refractivity contribution < 1.29 is 4.74 Å². The molecule has 0 amide bonds. The van der Waals surface area contributed by atoms with Gasteiger partial charge in [0.15, 0.2) is 0 Å². The largest absolute Gasteiger partial charge is 0.492 e. The minimum Gasteiger partial charge on any atom is -0.492 e. The zero-order chi connectivity index (χ0) is 15.8. The van der Waals surface area contributed by atoms with Crippen molar-refractivity contribution in [3.05, 3.63) is 64.7 Å². The van der Waals surface area contributed by atoms with E-state index in [4.69, 9.17) is 16.3 Å². The van der Waals surface area contributed by atoms with Crippen LogP contribution in [0.5, 0.6) is 5.75 Å². The van der Waals surface area contributed by atoms with Crippen LogP contribution in [0.4, 0.5) is 0 Å². The molecule has 0 saturated carbocycles. The molecule has 0 aliphatic heterocycles. The van der Waals surface area contributed by atoms with Gasteiger partial charge in [0.2, 0.25) is 0 Å². The predicted octanol–water partition coefficient (Wildman–Crippen LogP) is 5.37. The van der Waals surface area contributed by atoms with Crippen molar-refractivity contribution in [1.82, 2.24) is 5.32 Å². The van der Waals surface area contributed by atoms with Crippen LogP contribution >= 0.6 is 11.6 Å². The van der Waals surface area contributed by atoms with Crippen LogP contribution in [-0.2, 0) is 6.54 Å². The lowest BCUT2D eigenvalue weighted by atomic mass is 10.0. The molecule has 0 aliphatic rings. The zero-order valence-electron chi connectivity index (χ0n) is 13.3. The second kappa shape index (κ2) is 8.82. The van der Waals surface area contributed by atoms with E-state index in [0.717, 1.165) is 25.1 Å². The first-order chi connectivity index (χ1) is 10.7. The van der Waals surface area contributed by atoms with E-state index < -0.39 is 0 Å². The third-order valence-corrected chi connectivity index (χ3v) is 3.92. The van der Waals surface area contributed by atoms with Crippen molar-refractivity contribution in [3.63, 3.8) is 0 Å². The average molecular weight is 318 g/mol. The van der Waals surface area contributed by atoms with E-state index in [0.29, 0.717) is 17.7 Å². The number of nitrogens with one attached hydrogen (secondary N) is 1. The molecule has 2 aromatic rings.